The van der Waals surface area contributed by atoms with Crippen molar-refractivity contribution in [2.24, 2.45) is 0 Å². The minimum atomic E-state index is -0.0808. The second-order valence-corrected chi connectivity index (χ2v) is 7.16. The fraction of sp³-hybridized carbons (Fsp3) is 0.421. The van der Waals surface area contributed by atoms with Gasteiger partial charge in [0.05, 0.1) is 11.1 Å². The highest BCUT2D eigenvalue weighted by atomic mass is 35.5. The minimum absolute atomic E-state index is 0.0791. The molecule has 1 saturated heterocycles. The van der Waals surface area contributed by atoms with E-state index in [2.05, 4.69) is 4.57 Å². The van der Waals surface area contributed by atoms with Gasteiger partial charge in [0, 0.05) is 41.2 Å². The lowest BCUT2D eigenvalue weighted by Gasteiger charge is -2.15. The molecule has 0 unspecified atom stereocenters. The third kappa shape index (κ3) is 4.20. The van der Waals surface area contributed by atoms with Gasteiger partial charge in [-0.05, 0) is 44.9 Å². The highest BCUT2D eigenvalue weighted by molar-refractivity contribution is 6.34. The molecule has 1 atom stereocenters. The first-order valence-electron chi connectivity index (χ1n) is 8.35. The van der Waals surface area contributed by atoms with Crippen LogP contribution < -0.4 is 4.74 Å². The van der Waals surface area contributed by atoms with Crippen molar-refractivity contribution in [3.63, 3.8) is 0 Å². The second-order valence-electron chi connectivity index (χ2n) is 6.32. The summed E-state index contributed by atoms with van der Waals surface area (Å²) in [5.41, 5.74) is 2.67. The monoisotopic (exact) mass is 381 g/mol. The van der Waals surface area contributed by atoms with Gasteiger partial charge in [-0.25, -0.2) is 0 Å². The number of aromatic nitrogens is 1. The molecule has 2 heterocycles. The van der Waals surface area contributed by atoms with E-state index in [9.17, 15) is 4.79 Å². The van der Waals surface area contributed by atoms with Crippen molar-refractivity contribution in [2.45, 2.75) is 39.3 Å². The summed E-state index contributed by atoms with van der Waals surface area (Å²) in [4.78, 5) is 12.6. The van der Waals surface area contributed by atoms with Crippen LogP contribution in [0.4, 0.5) is 0 Å². The van der Waals surface area contributed by atoms with Gasteiger partial charge in [-0.15, -0.1) is 0 Å². The van der Waals surface area contributed by atoms with Crippen molar-refractivity contribution in [1.82, 2.24) is 4.57 Å². The lowest BCUT2D eigenvalue weighted by molar-refractivity contribution is 0.0914. The van der Waals surface area contributed by atoms with E-state index in [4.69, 9.17) is 32.7 Å². The van der Waals surface area contributed by atoms with Gasteiger partial charge in [-0.1, -0.05) is 23.2 Å². The van der Waals surface area contributed by atoms with Crippen molar-refractivity contribution < 1.29 is 14.3 Å². The standard InChI is InChI=1S/C19H21Cl2NO3/c1-12-8-16(13(2)22(12)10-15-4-3-7-24-15)18(23)11-25-19-9-14(20)5-6-17(19)21/h5-6,8-9,15H,3-4,7,10-11H2,1-2H3/t15-/m0/s1. The third-order valence-electron chi connectivity index (χ3n) is 4.54. The fourth-order valence-electron chi connectivity index (χ4n) is 3.17. The van der Waals surface area contributed by atoms with Crippen LogP contribution in [0, 0.1) is 13.8 Å². The Labute approximate surface area is 157 Å². The van der Waals surface area contributed by atoms with Crippen LogP contribution in [0.5, 0.6) is 5.75 Å². The van der Waals surface area contributed by atoms with Crippen molar-refractivity contribution in [3.8, 4) is 5.75 Å². The molecule has 1 aliphatic heterocycles. The van der Waals surface area contributed by atoms with Crippen LogP contribution in [0.15, 0.2) is 24.3 Å². The Balaban J connectivity index is 1.70. The van der Waals surface area contributed by atoms with Gasteiger partial charge in [0.2, 0.25) is 5.78 Å². The van der Waals surface area contributed by atoms with Gasteiger partial charge >= 0.3 is 0 Å². The van der Waals surface area contributed by atoms with Crippen LogP contribution in [-0.4, -0.2) is 29.7 Å². The topological polar surface area (TPSA) is 40.5 Å². The van der Waals surface area contributed by atoms with Gasteiger partial charge in [0.15, 0.2) is 6.61 Å². The Morgan fingerprint density at radius 3 is 2.84 bits per heavy atom. The predicted molar refractivity (Wildman–Crippen MR) is 99.2 cm³/mol. The summed E-state index contributed by atoms with van der Waals surface area (Å²) in [5, 5.41) is 0.947. The molecule has 0 radical (unpaired) electrons. The third-order valence-corrected chi connectivity index (χ3v) is 5.08. The van der Waals surface area contributed by atoms with Crippen molar-refractivity contribution in [3.05, 3.63) is 51.3 Å². The van der Waals surface area contributed by atoms with E-state index in [-0.39, 0.29) is 18.5 Å². The molecule has 25 heavy (non-hydrogen) atoms. The van der Waals surface area contributed by atoms with E-state index >= 15 is 0 Å². The van der Waals surface area contributed by atoms with Crippen LogP contribution in [0.2, 0.25) is 10.0 Å². The summed E-state index contributed by atoms with van der Waals surface area (Å²) >= 11 is 12.0. The van der Waals surface area contributed by atoms with Gasteiger partial charge in [0.25, 0.3) is 0 Å². The number of rotatable bonds is 6. The number of hydrogen-bond donors (Lipinski definition) is 0. The first-order chi connectivity index (χ1) is 12.0. The molecular formula is C19H21Cl2NO3. The molecule has 4 nitrogen and oxygen atoms in total. The summed E-state index contributed by atoms with van der Waals surface area (Å²) < 4.78 is 13.4. The maximum Gasteiger partial charge on any atom is 0.202 e. The second kappa shape index (κ2) is 7.81. The minimum Gasteiger partial charge on any atom is -0.484 e. The number of hydrogen-bond acceptors (Lipinski definition) is 3. The van der Waals surface area contributed by atoms with Crippen LogP contribution >= 0.6 is 23.2 Å². The van der Waals surface area contributed by atoms with Crippen molar-refractivity contribution in [1.29, 1.82) is 0 Å². The van der Waals surface area contributed by atoms with Crippen LogP contribution in [-0.2, 0) is 11.3 Å². The highest BCUT2D eigenvalue weighted by Gasteiger charge is 2.21. The molecule has 134 valence electrons. The molecule has 1 aromatic carbocycles. The van der Waals surface area contributed by atoms with Crippen molar-refractivity contribution in [2.75, 3.05) is 13.2 Å². The molecule has 0 bridgehead atoms. The van der Waals surface area contributed by atoms with Gasteiger partial charge in [-0.3, -0.25) is 4.79 Å². The lowest BCUT2D eigenvalue weighted by Crippen LogP contribution is -2.18. The Hall–Kier alpha value is -1.49. The smallest absolute Gasteiger partial charge is 0.202 e. The maximum atomic E-state index is 12.6. The van der Waals surface area contributed by atoms with Gasteiger partial charge in [0.1, 0.15) is 5.75 Å². The molecule has 6 heteroatoms. The molecule has 0 N–H and O–H groups in total. The highest BCUT2D eigenvalue weighted by Crippen LogP contribution is 2.28. The van der Waals surface area contributed by atoms with Gasteiger partial charge < -0.3 is 14.0 Å². The summed E-state index contributed by atoms with van der Waals surface area (Å²) in [7, 11) is 0. The van der Waals surface area contributed by atoms with Crippen LogP contribution in [0.1, 0.15) is 34.6 Å². The maximum absolute atomic E-state index is 12.6. The zero-order chi connectivity index (χ0) is 18.0. The number of ketones is 1. The molecule has 1 aliphatic rings. The zero-order valence-corrected chi connectivity index (χ0v) is 15.9. The molecule has 0 aliphatic carbocycles. The van der Waals surface area contributed by atoms with Gasteiger partial charge in [-0.2, -0.15) is 0 Å². The van der Waals surface area contributed by atoms with E-state index < -0.39 is 0 Å². The van der Waals surface area contributed by atoms with E-state index in [1.165, 1.54) is 0 Å². The molecular weight excluding hydrogens is 361 g/mol. The Kier molecular flexibility index (Phi) is 5.72. The number of benzene rings is 1. The molecule has 2 aromatic rings. The summed E-state index contributed by atoms with van der Waals surface area (Å²) in [5.74, 6) is 0.332. The normalized spacial score (nSPS) is 17.0. The van der Waals surface area contributed by atoms with E-state index in [0.717, 1.165) is 37.4 Å². The quantitative estimate of drug-likeness (QED) is 0.671. The Morgan fingerprint density at radius 1 is 1.32 bits per heavy atom. The first-order valence-corrected chi connectivity index (χ1v) is 9.10. The number of halogens is 2. The number of carbonyl (C=O) groups is 1. The molecule has 0 amide bonds. The number of aryl methyl sites for hydroxylation is 1. The predicted octanol–water partition coefficient (Wildman–Crippen LogP) is 4.85. The SMILES string of the molecule is Cc1cc(C(=O)COc2cc(Cl)ccc2Cl)c(C)n1C[C@@H]1CCCO1. The average molecular weight is 382 g/mol. The largest absolute Gasteiger partial charge is 0.484 e. The van der Waals surface area contributed by atoms with E-state index in [1.807, 2.05) is 19.9 Å². The zero-order valence-electron chi connectivity index (χ0n) is 14.4. The summed E-state index contributed by atoms with van der Waals surface area (Å²) in [6, 6.07) is 6.85. The fourth-order valence-corrected chi connectivity index (χ4v) is 3.50. The lowest BCUT2D eigenvalue weighted by atomic mass is 10.1. The first kappa shape index (κ1) is 18.3. The molecule has 1 fully saturated rings. The molecule has 1 aromatic heterocycles. The number of ether oxygens (including phenoxy) is 2. The number of nitrogens with zero attached hydrogens (tertiary/aromatic N) is 1. The summed E-state index contributed by atoms with van der Waals surface area (Å²) in [6.07, 6.45) is 2.40. The van der Waals surface area contributed by atoms with E-state index in [1.54, 1.807) is 18.2 Å². The van der Waals surface area contributed by atoms with E-state index in [0.29, 0.717) is 21.4 Å². The Morgan fingerprint density at radius 2 is 2.12 bits per heavy atom. The Bertz CT molecular complexity index is 779. The number of carbonyl (C=O) groups excluding carboxylic acids is 1. The van der Waals surface area contributed by atoms with Crippen LogP contribution in [0.3, 0.4) is 0 Å². The number of Topliss-reactive ketones (excluding diaryl/α,β-unsaturated/α-hetero) is 1. The molecule has 0 spiro atoms. The van der Waals surface area contributed by atoms with Crippen LogP contribution in [0.25, 0.3) is 0 Å². The molecule has 3 rings (SSSR count). The molecule has 0 saturated carbocycles. The average Bonchev–Trinajstić information content (AvgIpc) is 3.19. The van der Waals surface area contributed by atoms with Crippen molar-refractivity contribution >= 4 is 29.0 Å². The summed E-state index contributed by atoms with van der Waals surface area (Å²) in [6.45, 7) is 5.50.